The maximum Gasteiger partial charge on any atom is 0.239 e. The molecule has 0 saturated carbocycles. The summed E-state index contributed by atoms with van der Waals surface area (Å²) in [6.07, 6.45) is 1.64. The molecule has 0 aromatic carbocycles. The Morgan fingerprint density at radius 3 is 2.89 bits per heavy atom. The summed E-state index contributed by atoms with van der Waals surface area (Å²) in [4.78, 5) is 25.0. The molecule has 0 aromatic heterocycles. The van der Waals surface area contributed by atoms with E-state index in [2.05, 4.69) is 10.6 Å². The highest BCUT2D eigenvalue weighted by Crippen LogP contribution is 2.10. The van der Waals surface area contributed by atoms with Gasteiger partial charge in [0.1, 0.15) is 0 Å². The minimum absolute atomic E-state index is 0.0243. The fourth-order valence-corrected chi connectivity index (χ4v) is 1.97. The number of amides is 2. The number of carbonyl (C=O) groups excluding carboxylic acids is 2. The molecule has 0 aliphatic carbocycles. The van der Waals surface area contributed by atoms with Gasteiger partial charge in [-0.25, -0.2) is 0 Å². The lowest BCUT2D eigenvalue weighted by molar-refractivity contribution is -0.137. The van der Waals surface area contributed by atoms with Gasteiger partial charge in [0.2, 0.25) is 11.8 Å². The Kier molecular flexibility index (Phi) is 6.67. The first kappa shape index (κ1) is 14.9. The third kappa shape index (κ3) is 5.01. The Hall–Kier alpha value is -1.14. The van der Waals surface area contributed by atoms with Gasteiger partial charge in [-0.2, -0.15) is 0 Å². The first-order chi connectivity index (χ1) is 8.65. The van der Waals surface area contributed by atoms with Crippen molar-refractivity contribution in [3.63, 3.8) is 0 Å². The Labute approximate surface area is 108 Å². The predicted molar refractivity (Wildman–Crippen MR) is 68.1 cm³/mol. The van der Waals surface area contributed by atoms with E-state index in [-0.39, 0.29) is 24.3 Å². The first-order valence-electron chi connectivity index (χ1n) is 6.36. The maximum absolute atomic E-state index is 11.9. The minimum atomic E-state index is -0.118. The van der Waals surface area contributed by atoms with E-state index in [0.29, 0.717) is 13.2 Å². The lowest BCUT2D eigenvalue weighted by atomic mass is 10.1. The second-order valence-electron chi connectivity index (χ2n) is 4.58. The van der Waals surface area contributed by atoms with E-state index in [1.807, 2.05) is 0 Å². The molecule has 0 radical (unpaired) electrons. The van der Waals surface area contributed by atoms with Gasteiger partial charge < -0.3 is 20.3 Å². The van der Waals surface area contributed by atoms with Crippen LogP contribution in [0.4, 0.5) is 0 Å². The number of carbonyl (C=O) groups is 2. The summed E-state index contributed by atoms with van der Waals surface area (Å²) in [6, 6.07) is 0. The van der Waals surface area contributed by atoms with Crippen LogP contribution < -0.4 is 10.6 Å². The number of rotatable bonds is 7. The molecule has 104 valence electrons. The summed E-state index contributed by atoms with van der Waals surface area (Å²) < 4.78 is 4.89. The molecule has 1 atom stereocenters. The van der Waals surface area contributed by atoms with E-state index in [1.54, 1.807) is 14.2 Å². The van der Waals surface area contributed by atoms with Crippen molar-refractivity contribution in [2.75, 3.05) is 46.9 Å². The molecule has 0 bridgehead atoms. The van der Waals surface area contributed by atoms with E-state index >= 15 is 0 Å². The molecule has 1 unspecified atom stereocenters. The van der Waals surface area contributed by atoms with E-state index in [9.17, 15) is 9.59 Å². The van der Waals surface area contributed by atoms with Gasteiger partial charge in [-0.05, 0) is 19.4 Å². The fraction of sp³-hybridized carbons (Fsp3) is 0.833. The van der Waals surface area contributed by atoms with Gasteiger partial charge in [0.15, 0.2) is 0 Å². The SMILES string of the molecule is COCCCNC(=O)CN(C)C(=O)C1CCNC1. The summed E-state index contributed by atoms with van der Waals surface area (Å²) in [5, 5.41) is 5.91. The predicted octanol–water partition coefficient (Wildman–Crippen LogP) is -0.793. The Balaban J connectivity index is 2.19. The van der Waals surface area contributed by atoms with Crippen LogP contribution in [0.15, 0.2) is 0 Å². The Morgan fingerprint density at radius 1 is 1.50 bits per heavy atom. The molecule has 1 aliphatic heterocycles. The van der Waals surface area contributed by atoms with Crippen LogP contribution in [0.5, 0.6) is 0 Å². The number of hydrogen-bond acceptors (Lipinski definition) is 4. The monoisotopic (exact) mass is 257 g/mol. The van der Waals surface area contributed by atoms with Crippen molar-refractivity contribution in [3.8, 4) is 0 Å². The highest BCUT2D eigenvalue weighted by atomic mass is 16.5. The fourth-order valence-electron chi connectivity index (χ4n) is 1.97. The number of nitrogens with one attached hydrogen (secondary N) is 2. The van der Waals surface area contributed by atoms with Gasteiger partial charge >= 0.3 is 0 Å². The average molecular weight is 257 g/mol. The second kappa shape index (κ2) is 8.05. The highest BCUT2D eigenvalue weighted by molar-refractivity contribution is 5.85. The molecule has 1 rings (SSSR count). The average Bonchev–Trinajstić information content (AvgIpc) is 2.87. The third-order valence-corrected chi connectivity index (χ3v) is 3.01. The molecule has 18 heavy (non-hydrogen) atoms. The molecule has 2 amide bonds. The van der Waals surface area contributed by atoms with Crippen LogP contribution in [0, 0.1) is 5.92 Å². The molecular weight excluding hydrogens is 234 g/mol. The van der Waals surface area contributed by atoms with E-state index in [1.165, 1.54) is 4.90 Å². The zero-order valence-corrected chi connectivity index (χ0v) is 11.2. The molecule has 1 fully saturated rings. The molecule has 0 aromatic rings. The summed E-state index contributed by atoms with van der Waals surface area (Å²) in [7, 11) is 3.30. The molecule has 2 N–H and O–H groups in total. The summed E-state index contributed by atoms with van der Waals surface area (Å²) in [6.45, 7) is 2.94. The molecule has 1 aliphatic rings. The summed E-state index contributed by atoms with van der Waals surface area (Å²) >= 11 is 0. The van der Waals surface area contributed by atoms with Crippen molar-refractivity contribution in [1.82, 2.24) is 15.5 Å². The van der Waals surface area contributed by atoms with Crippen molar-refractivity contribution in [1.29, 1.82) is 0 Å². The van der Waals surface area contributed by atoms with Crippen molar-refractivity contribution in [2.45, 2.75) is 12.8 Å². The zero-order valence-electron chi connectivity index (χ0n) is 11.2. The Morgan fingerprint density at radius 2 is 2.28 bits per heavy atom. The van der Waals surface area contributed by atoms with Gasteiger partial charge in [-0.15, -0.1) is 0 Å². The lowest BCUT2D eigenvalue weighted by Crippen LogP contribution is -2.41. The third-order valence-electron chi connectivity index (χ3n) is 3.01. The van der Waals surface area contributed by atoms with Crippen molar-refractivity contribution in [2.24, 2.45) is 5.92 Å². The van der Waals surface area contributed by atoms with Gasteiger partial charge in [-0.1, -0.05) is 0 Å². The highest BCUT2D eigenvalue weighted by Gasteiger charge is 2.25. The molecule has 1 heterocycles. The van der Waals surface area contributed by atoms with E-state index in [0.717, 1.165) is 25.9 Å². The maximum atomic E-state index is 11.9. The van der Waals surface area contributed by atoms with Crippen molar-refractivity contribution in [3.05, 3.63) is 0 Å². The number of hydrogen-bond donors (Lipinski definition) is 2. The van der Waals surface area contributed by atoms with Crippen molar-refractivity contribution < 1.29 is 14.3 Å². The molecule has 6 heteroatoms. The number of nitrogens with zero attached hydrogens (tertiary/aromatic N) is 1. The molecule has 1 saturated heterocycles. The summed E-state index contributed by atoms with van der Waals surface area (Å²) in [5.41, 5.74) is 0. The summed E-state index contributed by atoms with van der Waals surface area (Å²) in [5.74, 6) is -0.0451. The van der Waals surface area contributed by atoms with Crippen LogP contribution in [-0.2, 0) is 14.3 Å². The minimum Gasteiger partial charge on any atom is -0.385 e. The molecule has 6 nitrogen and oxygen atoms in total. The van der Waals surface area contributed by atoms with Crippen molar-refractivity contribution >= 4 is 11.8 Å². The van der Waals surface area contributed by atoms with Crippen LogP contribution >= 0.6 is 0 Å². The molecule has 0 spiro atoms. The van der Waals surface area contributed by atoms with Gasteiger partial charge in [0.25, 0.3) is 0 Å². The number of methoxy groups -OCH3 is 1. The largest absolute Gasteiger partial charge is 0.385 e. The van der Waals surface area contributed by atoms with Gasteiger partial charge in [-0.3, -0.25) is 9.59 Å². The smallest absolute Gasteiger partial charge is 0.239 e. The van der Waals surface area contributed by atoms with Gasteiger partial charge in [0, 0.05) is 33.9 Å². The van der Waals surface area contributed by atoms with E-state index < -0.39 is 0 Å². The van der Waals surface area contributed by atoms with Crippen LogP contribution in [0.1, 0.15) is 12.8 Å². The van der Waals surface area contributed by atoms with Crippen LogP contribution in [0.3, 0.4) is 0 Å². The zero-order chi connectivity index (χ0) is 13.4. The van der Waals surface area contributed by atoms with Crippen LogP contribution in [-0.4, -0.2) is 63.7 Å². The van der Waals surface area contributed by atoms with Gasteiger partial charge in [0.05, 0.1) is 12.5 Å². The number of ether oxygens (including phenoxy) is 1. The Bertz CT molecular complexity index is 278. The first-order valence-corrected chi connectivity index (χ1v) is 6.36. The second-order valence-corrected chi connectivity index (χ2v) is 4.58. The topological polar surface area (TPSA) is 70.7 Å². The normalized spacial score (nSPS) is 18.7. The number of likely N-dealkylation sites (N-methyl/N-ethyl adjacent to an activating group) is 1. The van der Waals surface area contributed by atoms with E-state index in [4.69, 9.17) is 4.74 Å². The molecular formula is C12H23N3O3. The lowest BCUT2D eigenvalue weighted by Gasteiger charge is -2.20. The van der Waals surface area contributed by atoms with Crippen LogP contribution in [0.2, 0.25) is 0 Å². The van der Waals surface area contributed by atoms with Crippen LogP contribution in [0.25, 0.3) is 0 Å². The standard InChI is InChI=1S/C12H23N3O3/c1-15(12(17)10-4-6-13-8-10)9-11(16)14-5-3-7-18-2/h10,13H,3-9H2,1-2H3,(H,14,16). The quantitative estimate of drug-likeness (QED) is 0.586.